The Morgan fingerprint density at radius 2 is 1.90 bits per heavy atom. The molecule has 0 aromatic rings. The van der Waals surface area contributed by atoms with Gasteiger partial charge in [-0.05, 0) is 13.3 Å². The molecule has 0 aliphatic rings. The standard InChI is InChI=1S/C9H16N2O8S/c1-3-19-9(15)11-20(16,17)10-6(8(13)14)4-5-7(12)18-2/h6,10H,3-5H2,1-2H3,(H,11,15)(H,13,14). The van der Waals surface area contributed by atoms with Gasteiger partial charge in [-0.25, -0.2) is 9.52 Å². The number of carbonyl (C=O) groups is 3. The summed E-state index contributed by atoms with van der Waals surface area (Å²) in [4.78, 5) is 32.7. The first-order valence-corrected chi connectivity index (χ1v) is 6.96. The Balaban J connectivity index is 4.61. The van der Waals surface area contributed by atoms with E-state index in [4.69, 9.17) is 5.11 Å². The number of hydrogen-bond donors (Lipinski definition) is 3. The van der Waals surface area contributed by atoms with Crippen LogP contribution in [0.1, 0.15) is 19.8 Å². The second-order valence-electron chi connectivity index (χ2n) is 3.45. The van der Waals surface area contributed by atoms with E-state index < -0.39 is 34.3 Å². The van der Waals surface area contributed by atoms with E-state index >= 15 is 0 Å². The number of hydrogen-bond acceptors (Lipinski definition) is 7. The highest BCUT2D eigenvalue weighted by atomic mass is 32.2. The van der Waals surface area contributed by atoms with Crippen LogP contribution in [0.4, 0.5) is 4.79 Å². The summed E-state index contributed by atoms with van der Waals surface area (Å²) in [7, 11) is -3.29. The van der Waals surface area contributed by atoms with E-state index in [0.717, 1.165) is 7.11 Å². The summed E-state index contributed by atoms with van der Waals surface area (Å²) in [6.45, 7) is 1.42. The fourth-order valence-electron chi connectivity index (χ4n) is 1.08. The number of methoxy groups -OCH3 is 1. The number of ether oxygens (including phenoxy) is 2. The van der Waals surface area contributed by atoms with Crippen LogP contribution in [-0.2, 0) is 29.3 Å². The Labute approximate surface area is 115 Å². The van der Waals surface area contributed by atoms with Gasteiger partial charge in [-0.2, -0.15) is 13.1 Å². The third-order valence-electron chi connectivity index (χ3n) is 1.95. The zero-order chi connectivity index (χ0) is 15.8. The van der Waals surface area contributed by atoms with Crippen LogP contribution in [0.5, 0.6) is 0 Å². The summed E-state index contributed by atoms with van der Waals surface area (Å²) in [5.41, 5.74) is 0. The average molecular weight is 312 g/mol. The molecule has 3 N–H and O–H groups in total. The van der Waals surface area contributed by atoms with Gasteiger partial charge in [0, 0.05) is 6.42 Å². The Hall–Kier alpha value is -1.88. The first-order valence-electron chi connectivity index (χ1n) is 5.48. The number of carboxylic acids is 1. The lowest BCUT2D eigenvalue weighted by molar-refractivity contribution is -0.142. The van der Waals surface area contributed by atoms with Crippen molar-refractivity contribution in [1.29, 1.82) is 0 Å². The number of carbonyl (C=O) groups excluding carboxylic acids is 2. The van der Waals surface area contributed by atoms with Crippen LogP contribution in [-0.4, -0.2) is 51.3 Å². The molecule has 0 saturated heterocycles. The van der Waals surface area contributed by atoms with E-state index in [1.165, 1.54) is 11.6 Å². The molecule has 20 heavy (non-hydrogen) atoms. The van der Waals surface area contributed by atoms with Crippen LogP contribution in [0.3, 0.4) is 0 Å². The van der Waals surface area contributed by atoms with Crippen molar-refractivity contribution in [2.24, 2.45) is 0 Å². The fourth-order valence-corrected chi connectivity index (χ4v) is 2.01. The maximum atomic E-state index is 11.4. The second kappa shape index (κ2) is 8.32. The van der Waals surface area contributed by atoms with Gasteiger partial charge >= 0.3 is 28.2 Å². The normalized spacial score (nSPS) is 12.3. The number of nitrogens with one attached hydrogen (secondary N) is 2. The Kier molecular flexibility index (Phi) is 7.54. The zero-order valence-electron chi connectivity index (χ0n) is 10.9. The highest BCUT2D eigenvalue weighted by molar-refractivity contribution is 7.88. The van der Waals surface area contributed by atoms with Crippen molar-refractivity contribution in [1.82, 2.24) is 9.44 Å². The molecule has 0 spiro atoms. The molecule has 1 unspecified atom stereocenters. The number of amides is 1. The van der Waals surface area contributed by atoms with Crippen LogP contribution in [0.15, 0.2) is 0 Å². The lowest BCUT2D eigenvalue weighted by atomic mass is 10.2. The summed E-state index contributed by atoms with van der Waals surface area (Å²) < 4.78 is 34.7. The maximum absolute atomic E-state index is 11.4. The van der Waals surface area contributed by atoms with Crippen molar-refractivity contribution < 1.29 is 37.4 Å². The molecule has 11 heteroatoms. The quantitative estimate of drug-likeness (QED) is 0.482. The smallest absolute Gasteiger partial charge is 0.421 e. The lowest BCUT2D eigenvalue weighted by Gasteiger charge is -2.14. The molecule has 0 aliphatic carbocycles. The molecule has 0 fully saturated rings. The molecular formula is C9H16N2O8S. The molecule has 0 aromatic heterocycles. The van der Waals surface area contributed by atoms with Gasteiger partial charge in [-0.15, -0.1) is 0 Å². The molecule has 0 aromatic carbocycles. The number of carboxylic acid groups (broad SMARTS) is 1. The van der Waals surface area contributed by atoms with E-state index in [0.29, 0.717) is 0 Å². The van der Waals surface area contributed by atoms with Crippen molar-refractivity contribution in [3.8, 4) is 0 Å². The van der Waals surface area contributed by atoms with Gasteiger partial charge in [0.2, 0.25) is 0 Å². The van der Waals surface area contributed by atoms with E-state index in [-0.39, 0.29) is 19.4 Å². The maximum Gasteiger partial charge on any atom is 0.421 e. The molecular weight excluding hydrogens is 296 g/mol. The van der Waals surface area contributed by atoms with Gasteiger partial charge < -0.3 is 14.6 Å². The minimum Gasteiger partial charge on any atom is -0.480 e. The number of esters is 1. The lowest BCUT2D eigenvalue weighted by Crippen LogP contribution is -2.48. The van der Waals surface area contributed by atoms with Gasteiger partial charge in [0.15, 0.2) is 0 Å². The van der Waals surface area contributed by atoms with Crippen LogP contribution in [0, 0.1) is 0 Å². The van der Waals surface area contributed by atoms with E-state index in [1.807, 2.05) is 0 Å². The third-order valence-corrected chi connectivity index (χ3v) is 2.98. The zero-order valence-corrected chi connectivity index (χ0v) is 11.7. The van der Waals surface area contributed by atoms with Gasteiger partial charge in [-0.3, -0.25) is 9.59 Å². The minimum absolute atomic E-state index is 0.0496. The predicted octanol–water partition coefficient (Wildman–Crippen LogP) is -1.03. The van der Waals surface area contributed by atoms with Crippen LogP contribution in [0.25, 0.3) is 0 Å². The van der Waals surface area contributed by atoms with E-state index in [9.17, 15) is 22.8 Å². The molecule has 0 heterocycles. The van der Waals surface area contributed by atoms with Crippen LogP contribution < -0.4 is 9.44 Å². The van der Waals surface area contributed by atoms with Gasteiger partial charge in [0.1, 0.15) is 6.04 Å². The topological polar surface area (TPSA) is 148 Å². The van der Waals surface area contributed by atoms with Crippen molar-refractivity contribution in [3.05, 3.63) is 0 Å². The molecule has 0 bridgehead atoms. The SMILES string of the molecule is CCOC(=O)NS(=O)(=O)NC(CCC(=O)OC)C(=O)O. The molecule has 0 rings (SSSR count). The highest BCUT2D eigenvalue weighted by Crippen LogP contribution is 2.01. The fraction of sp³-hybridized carbons (Fsp3) is 0.667. The third kappa shape index (κ3) is 7.53. The second-order valence-corrected chi connectivity index (χ2v) is 4.90. The average Bonchev–Trinajstić information content (AvgIpc) is 2.33. The molecule has 0 aliphatic heterocycles. The molecule has 0 radical (unpaired) electrons. The van der Waals surface area contributed by atoms with Crippen molar-refractivity contribution >= 4 is 28.2 Å². The monoisotopic (exact) mass is 312 g/mol. The summed E-state index contributed by atoms with van der Waals surface area (Å²) in [6.07, 6.45) is -1.86. The van der Waals surface area contributed by atoms with Gasteiger partial charge in [0.05, 0.1) is 13.7 Å². The molecule has 0 saturated carbocycles. The largest absolute Gasteiger partial charge is 0.480 e. The predicted molar refractivity (Wildman–Crippen MR) is 64.9 cm³/mol. The Bertz CT molecular complexity index is 461. The van der Waals surface area contributed by atoms with E-state index in [1.54, 1.807) is 4.72 Å². The molecule has 10 nitrogen and oxygen atoms in total. The highest BCUT2D eigenvalue weighted by Gasteiger charge is 2.26. The van der Waals surface area contributed by atoms with Gasteiger partial charge in [-0.1, -0.05) is 0 Å². The first kappa shape index (κ1) is 18.1. The van der Waals surface area contributed by atoms with Gasteiger partial charge in [0.25, 0.3) is 0 Å². The Morgan fingerprint density at radius 1 is 1.30 bits per heavy atom. The van der Waals surface area contributed by atoms with E-state index in [2.05, 4.69) is 9.47 Å². The van der Waals surface area contributed by atoms with Crippen LogP contribution in [0.2, 0.25) is 0 Å². The molecule has 116 valence electrons. The molecule has 1 amide bonds. The molecule has 1 atom stereocenters. The first-order chi connectivity index (χ1) is 9.21. The van der Waals surface area contributed by atoms with Crippen molar-refractivity contribution in [2.75, 3.05) is 13.7 Å². The number of rotatable bonds is 8. The van der Waals surface area contributed by atoms with Crippen LogP contribution >= 0.6 is 0 Å². The summed E-state index contributed by atoms with van der Waals surface area (Å²) in [5, 5.41) is 8.84. The summed E-state index contributed by atoms with van der Waals surface area (Å²) in [5.74, 6) is -2.18. The minimum atomic E-state index is -4.41. The van der Waals surface area contributed by atoms with Crippen molar-refractivity contribution in [3.63, 3.8) is 0 Å². The summed E-state index contributed by atoms with van der Waals surface area (Å²) in [6, 6.07) is -1.58. The Morgan fingerprint density at radius 3 is 2.35 bits per heavy atom. The van der Waals surface area contributed by atoms with Crippen molar-refractivity contribution in [2.45, 2.75) is 25.8 Å². The number of aliphatic carboxylic acids is 1. The summed E-state index contributed by atoms with van der Waals surface area (Å²) >= 11 is 0.